The number of carbonyl (C=O) groups is 1. The number of hydrogen-bond acceptors (Lipinski definition) is 7. The van der Waals surface area contributed by atoms with Crippen LogP contribution < -0.4 is 5.32 Å². The number of thiazole rings is 2. The van der Waals surface area contributed by atoms with Crippen LogP contribution in [-0.2, 0) is 20.0 Å². The van der Waals surface area contributed by atoms with E-state index in [0.717, 1.165) is 34.5 Å². The average Bonchev–Trinajstić information content (AvgIpc) is 3.11. The molecule has 4 aliphatic carbocycles. The van der Waals surface area contributed by atoms with E-state index in [1.54, 1.807) is 11.3 Å². The molecule has 10 heteroatoms. The molecular weight excluding hydrogens is 462 g/mol. The normalized spacial score (nSPS) is 28.6. The van der Waals surface area contributed by atoms with Crippen LogP contribution in [0, 0.1) is 0 Å². The van der Waals surface area contributed by atoms with E-state index in [9.17, 15) is 13.2 Å². The predicted molar refractivity (Wildman–Crippen MR) is 118 cm³/mol. The average molecular weight is 480 g/mol. The molecule has 3 aromatic rings. The van der Waals surface area contributed by atoms with Crippen molar-refractivity contribution < 1.29 is 13.2 Å². The number of fused-ring (bicyclic) bond motifs is 1. The van der Waals surface area contributed by atoms with E-state index < -0.39 is 14.6 Å². The summed E-state index contributed by atoms with van der Waals surface area (Å²) in [6.45, 7) is 0. The minimum Gasteiger partial charge on any atom is -0.346 e. The molecule has 0 spiro atoms. The zero-order chi connectivity index (χ0) is 20.9. The number of benzene rings is 1. The second-order valence-electron chi connectivity index (χ2n) is 8.97. The third-order valence-corrected chi connectivity index (χ3v) is 11.6. The van der Waals surface area contributed by atoms with Crippen LogP contribution in [0.4, 0.5) is 0 Å². The largest absolute Gasteiger partial charge is 0.346 e. The van der Waals surface area contributed by atoms with E-state index in [0.29, 0.717) is 27.7 Å². The Morgan fingerprint density at radius 2 is 1.90 bits per heavy atom. The number of amides is 1. The molecule has 4 saturated carbocycles. The Kier molecular flexibility index (Phi) is 3.72. The molecule has 0 aliphatic heterocycles. The number of nitrogens with zero attached hydrogens (tertiary/aromatic N) is 2. The smallest absolute Gasteiger partial charge is 0.263 e. The van der Waals surface area contributed by atoms with E-state index in [-0.39, 0.29) is 16.9 Å². The Bertz CT molecular complexity index is 1320. The Morgan fingerprint density at radius 3 is 2.57 bits per heavy atom. The lowest BCUT2D eigenvalue weighted by Crippen LogP contribution is -2.76. The van der Waals surface area contributed by atoms with Gasteiger partial charge in [-0.1, -0.05) is 11.6 Å². The molecule has 156 valence electrons. The van der Waals surface area contributed by atoms with Gasteiger partial charge in [-0.25, -0.2) is 18.4 Å². The quantitative estimate of drug-likeness (QED) is 0.596. The van der Waals surface area contributed by atoms with Gasteiger partial charge >= 0.3 is 0 Å². The van der Waals surface area contributed by atoms with Crippen LogP contribution in [0.15, 0.2) is 24.4 Å². The highest BCUT2D eigenvalue weighted by Gasteiger charge is 2.70. The third kappa shape index (κ3) is 2.58. The van der Waals surface area contributed by atoms with Crippen molar-refractivity contribution in [2.75, 3.05) is 6.26 Å². The molecule has 0 radical (unpaired) electrons. The summed E-state index contributed by atoms with van der Waals surface area (Å²) >= 11 is 8.98. The van der Waals surface area contributed by atoms with Crippen molar-refractivity contribution in [3.63, 3.8) is 0 Å². The molecule has 30 heavy (non-hydrogen) atoms. The second kappa shape index (κ2) is 5.82. The summed E-state index contributed by atoms with van der Waals surface area (Å²) in [7, 11) is -3.23. The lowest BCUT2D eigenvalue weighted by molar-refractivity contribution is -0.0806. The first-order valence-corrected chi connectivity index (χ1v) is 13.6. The fourth-order valence-electron chi connectivity index (χ4n) is 5.02. The highest BCUT2D eigenvalue weighted by atomic mass is 35.5. The monoisotopic (exact) mass is 479 g/mol. The van der Waals surface area contributed by atoms with Crippen LogP contribution in [0.3, 0.4) is 0 Å². The van der Waals surface area contributed by atoms with Crippen molar-refractivity contribution in [3.8, 4) is 0 Å². The van der Waals surface area contributed by atoms with Gasteiger partial charge in [-0.05, 0) is 50.3 Å². The molecule has 1 N–H and O–H groups in total. The number of hydrogen-bond donors (Lipinski definition) is 1. The number of rotatable bonds is 5. The Balaban J connectivity index is 1.16. The van der Waals surface area contributed by atoms with E-state index in [1.807, 2.05) is 18.2 Å². The molecule has 1 amide bonds. The lowest BCUT2D eigenvalue weighted by Gasteiger charge is -2.69. The molecule has 2 heterocycles. The van der Waals surface area contributed by atoms with Crippen molar-refractivity contribution in [2.24, 2.45) is 0 Å². The van der Waals surface area contributed by atoms with Gasteiger partial charge in [0.15, 0.2) is 9.84 Å². The van der Waals surface area contributed by atoms with Gasteiger partial charge in [0.2, 0.25) is 0 Å². The van der Waals surface area contributed by atoms with Crippen molar-refractivity contribution in [2.45, 2.75) is 47.8 Å². The van der Waals surface area contributed by atoms with Crippen molar-refractivity contribution in [1.82, 2.24) is 15.3 Å². The molecule has 2 bridgehead atoms. The third-order valence-electron chi connectivity index (χ3n) is 6.75. The summed E-state index contributed by atoms with van der Waals surface area (Å²) in [6, 6.07) is 5.76. The Hall–Kier alpha value is -1.55. The van der Waals surface area contributed by atoms with Gasteiger partial charge in [-0.15, -0.1) is 22.7 Å². The highest BCUT2D eigenvalue weighted by Crippen LogP contribution is 2.68. The summed E-state index contributed by atoms with van der Waals surface area (Å²) in [5, 5.41) is 5.55. The minimum atomic E-state index is -3.23. The zero-order valence-corrected chi connectivity index (χ0v) is 19.3. The van der Waals surface area contributed by atoms with Gasteiger partial charge in [0.25, 0.3) is 5.91 Å². The predicted octanol–water partition coefficient (Wildman–Crippen LogP) is 4.04. The van der Waals surface area contributed by atoms with Gasteiger partial charge in [-0.3, -0.25) is 4.79 Å². The minimum absolute atomic E-state index is 0.0661. The van der Waals surface area contributed by atoms with Crippen LogP contribution in [0.1, 0.15) is 51.8 Å². The molecule has 0 atom stereocenters. The van der Waals surface area contributed by atoms with Crippen molar-refractivity contribution >= 4 is 60.2 Å². The number of carbonyl (C=O) groups excluding carboxylic acids is 1. The first kappa shape index (κ1) is 19.2. The molecule has 7 rings (SSSR count). The van der Waals surface area contributed by atoms with Crippen LogP contribution in [0.25, 0.3) is 10.2 Å². The summed E-state index contributed by atoms with van der Waals surface area (Å²) in [4.78, 5) is 22.3. The van der Waals surface area contributed by atoms with Crippen molar-refractivity contribution in [1.29, 1.82) is 0 Å². The molecule has 4 fully saturated rings. The van der Waals surface area contributed by atoms with Gasteiger partial charge in [0, 0.05) is 22.2 Å². The number of sulfone groups is 1. The molecule has 0 unspecified atom stereocenters. The maximum atomic E-state index is 12.8. The molecule has 2 aromatic heterocycles. The van der Waals surface area contributed by atoms with Crippen LogP contribution in [0.5, 0.6) is 0 Å². The maximum Gasteiger partial charge on any atom is 0.263 e. The summed E-state index contributed by atoms with van der Waals surface area (Å²) in [5.41, 5.74) is 0.862. The standard InChI is InChI=1S/C20H18ClN3O3S3/c1-30(26,27)20(4-5-20)17-22-7-14(29-17)15(25)24-19-8-18(9-19,10-19)16-23-12-3-2-11(21)6-13(12)28-16/h2-3,6-7H,4-5,8-10H2,1H3,(H,24,25). The van der Waals surface area contributed by atoms with Crippen LogP contribution in [0.2, 0.25) is 5.02 Å². The topological polar surface area (TPSA) is 89.0 Å². The van der Waals surface area contributed by atoms with E-state index in [1.165, 1.54) is 23.8 Å². The van der Waals surface area contributed by atoms with Gasteiger partial charge in [0.1, 0.15) is 19.6 Å². The second-order valence-corrected chi connectivity index (χ2v) is 13.8. The number of aromatic nitrogens is 2. The van der Waals surface area contributed by atoms with Gasteiger partial charge in [0.05, 0.1) is 16.4 Å². The molecule has 1 aromatic carbocycles. The first-order chi connectivity index (χ1) is 14.1. The zero-order valence-electron chi connectivity index (χ0n) is 16.1. The van der Waals surface area contributed by atoms with E-state index >= 15 is 0 Å². The van der Waals surface area contributed by atoms with Crippen molar-refractivity contribution in [3.05, 3.63) is 44.3 Å². The first-order valence-electron chi connectivity index (χ1n) is 9.69. The van der Waals surface area contributed by atoms with Crippen LogP contribution in [-0.4, -0.2) is 36.1 Å². The van der Waals surface area contributed by atoms with Gasteiger partial charge < -0.3 is 5.32 Å². The van der Waals surface area contributed by atoms with E-state index in [2.05, 4.69) is 10.3 Å². The lowest BCUT2D eigenvalue weighted by atomic mass is 9.39. The van der Waals surface area contributed by atoms with Gasteiger partial charge in [-0.2, -0.15) is 0 Å². The SMILES string of the molecule is CS(=O)(=O)C1(c2ncc(C(=O)NC34CC(c5nc6ccc(Cl)cc6s5)(C3)C4)s2)CC1. The summed E-state index contributed by atoms with van der Waals surface area (Å²) < 4.78 is 24.4. The Morgan fingerprint density at radius 1 is 1.17 bits per heavy atom. The Labute approximate surface area is 186 Å². The molecular formula is C20H18ClN3O3S3. The highest BCUT2D eigenvalue weighted by molar-refractivity contribution is 7.92. The summed E-state index contributed by atoms with van der Waals surface area (Å²) in [6.07, 6.45) is 6.59. The number of halogens is 1. The molecule has 0 saturated heterocycles. The fourth-order valence-corrected chi connectivity index (χ4v) is 9.19. The van der Waals surface area contributed by atoms with Crippen LogP contribution >= 0.6 is 34.3 Å². The maximum absolute atomic E-state index is 12.8. The fraction of sp³-hybridized carbons (Fsp3) is 0.450. The number of nitrogens with one attached hydrogen (secondary N) is 1. The molecule has 6 nitrogen and oxygen atoms in total. The van der Waals surface area contributed by atoms with E-state index in [4.69, 9.17) is 16.6 Å². The summed E-state index contributed by atoms with van der Waals surface area (Å²) in [5.74, 6) is -0.160. The molecule has 4 aliphatic rings.